The van der Waals surface area contributed by atoms with E-state index in [9.17, 15) is 8.42 Å². The molecule has 0 radical (unpaired) electrons. The maximum Gasteiger partial charge on any atom is 0.150 e. The van der Waals surface area contributed by atoms with Crippen LogP contribution in [0.5, 0.6) is 0 Å². The molecule has 0 atom stereocenters. The van der Waals surface area contributed by atoms with Crippen molar-refractivity contribution < 1.29 is 8.42 Å². The number of sulfone groups is 1. The minimum absolute atomic E-state index is 0.358. The molecule has 0 aromatic carbocycles. The molecule has 0 rings (SSSR count). The zero-order valence-electron chi connectivity index (χ0n) is 7.47. The molecule has 3 heteroatoms. The van der Waals surface area contributed by atoms with Crippen molar-refractivity contribution in [2.24, 2.45) is 0 Å². The van der Waals surface area contributed by atoms with Gasteiger partial charge in [-0.1, -0.05) is 26.7 Å². The van der Waals surface area contributed by atoms with Gasteiger partial charge in [0, 0.05) is 5.75 Å². The second kappa shape index (κ2) is 5.58. The van der Waals surface area contributed by atoms with E-state index in [1.54, 1.807) is 0 Å². The zero-order chi connectivity index (χ0) is 8.74. The highest BCUT2D eigenvalue weighted by Crippen LogP contribution is 2.00. The first-order valence-electron chi connectivity index (χ1n) is 4.32. The molecule has 0 aliphatic carbocycles. The van der Waals surface area contributed by atoms with Gasteiger partial charge in [0.2, 0.25) is 0 Å². The van der Waals surface area contributed by atoms with E-state index in [4.69, 9.17) is 0 Å². The minimum Gasteiger partial charge on any atom is -0.229 e. The Morgan fingerprint density at radius 1 is 0.909 bits per heavy atom. The van der Waals surface area contributed by atoms with Crippen molar-refractivity contribution in [3.05, 3.63) is 0 Å². The van der Waals surface area contributed by atoms with Crippen LogP contribution in [-0.4, -0.2) is 19.9 Å². The number of hydrogen-bond donors (Lipinski definition) is 0. The van der Waals surface area contributed by atoms with Gasteiger partial charge in [-0.05, 0) is 12.8 Å². The summed E-state index contributed by atoms with van der Waals surface area (Å²) in [6.45, 7) is 3.98. The van der Waals surface area contributed by atoms with Gasteiger partial charge in [-0.3, -0.25) is 0 Å². The lowest BCUT2D eigenvalue weighted by Crippen LogP contribution is -2.10. The van der Waals surface area contributed by atoms with Crippen LogP contribution in [0.15, 0.2) is 0 Å². The summed E-state index contributed by atoms with van der Waals surface area (Å²) in [5, 5.41) is 0. The lowest BCUT2D eigenvalue weighted by atomic mass is 10.3. The summed E-state index contributed by atoms with van der Waals surface area (Å²) in [6, 6.07) is 0. The Labute approximate surface area is 69.9 Å². The molecular weight excluding hydrogens is 160 g/mol. The Balaban J connectivity index is 3.56. The van der Waals surface area contributed by atoms with Crippen LogP contribution in [0, 0.1) is 0 Å². The summed E-state index contributed by atoms with van der Waals surface area (Å²) >= 11 is 0. The normalized spacial score (nSPS) is 11.8. The second-order valence-electron chi connectivity index (χ2n) is 2.86. The fourth-order valence-electron chi connectivity index (χ4n) is 0.985. The number of unbranched alkanes of at least 4 members (excludes halogenated alkanes) is 2. The third-order valence-corrected chi connectivity index (χ3v) is 3.51. The fraction of sp³-hybridized carbons (Fsp3) is 1.00. The Kier molecular flexibility index (Phi) is 5.56. The van der Waals surface area contributed by atoms with Crippen LogP contribution in [0.2, 0.25) is 0 Å². The quantitative estimate of drug-likeness (QED) is 0.583. The van der Waals surface area contributed by atoms with Crippen LogP contribution < -0.4 is 0 Å². The summed E-state index contributed by atoms with van der Waals surface area (Å²) in [6.07, 6.45) is 3.69. The molecule has 0 aromatic heterocycles. The van der Waals surface area contributed by atoms with E-state index in [1.807, 2.05) is 6.92 Å². The molecule has 0 saturated carbocycles. The second-order valence-corrected chi connectivity index (χ2v) is 5.16. The summed E-state index contributed by atoms with van der Waals surface area (Å²) < 4.78 is 22.2. The monoisotopic (exact) mass is 178 g/mol. The minimum atomic E-state index is -2.70. The topological polar surface area (TPSA) is 34.1 Å². The van der Waals surface area contributed by atoms with Crippen molar-refractivity contribution in [2.45, 2.75) is 39.5 Å². The number of rotatable bonds is 6. The van der Waals surface area contributed by atoms with E-state index in [2.05, 4.69) is 6.92 Å². The molecular formula is C8H18O2S. The molecule has 0 N–H and O–H groups in total. The molecule has 0 fully saturated rings. The van der Waals surface area contributed by atoms with Gasteiger partial charge in [0.15, 0.2) is 0 Å². The first-order valence-corrected chi connectivity index (χ1v) is 6.15. The highest BCUT2D eigenvalue weighted by Gasteiger charge is 2.07. The molecule has 68 valence electrons. The van der Waals surface area contributed by atoms with Gasteiger partial charge in [0.05, 0.1) is 5.75 Å². The van der Waals surface area contributed by atoms with Gasteiger partial charge in [-0.2, -0.15) is 0 Å². The summed E-state index contributed by atoms with van der Waals surface area (Å²) in [4.78, 5) is 0. The van der Waals surface area contributed by atoms with Crippen LogP contribution in [-0.2, 0) is 9.84 Å². The molecule has 0 unspecified atom stereocenters. The van der Waals surface area contributed by atoms with Crippen LogP contribution >= 0.6 is 0 Å². The lowest BCUT2D eigenvalue weighted by molar-refractivity contribution is 0.589. The van der Waals surface area contributed by atoms with Crippen molar-refractivity contribution in [1.29, 1.82) is 0 Å². The largest absolute Gasteiger partial charge is 0.229 e. The van der Waals surface area contributed by atoms with Gasteiger partial charge in [0.25, 0.3) is 0 Å². The van der Waals surface area contributed by atoms with Gasteiger partial charge >= 0.3 is 0 Å². The molecule has 0 amide bonds. The molecule has 0 spiro atoms. The predicted molar refractivity (Wildman–Crippen MR) is 48.5 cm³/mol. The Hall–Kier alpha value is -0.0500. The van der Waals surface area contributed by atoms with Crippen molar-refractivity contribution in [3.8, 4) is 0 Å². The van der Waals surface area contributed by atoms with E-state index in [0.29, 0.717) is 11.5 Å². The molecule has 0 heterocycles. The Morgan fingerprint density at radius 2 is 1.55 bits per heavy atom. The fourth-order valence-corrected chi connectivity index (χ4v) is 2.46. The first kappa shape index (κ1) is 11.0. The molecule has 0 aromatic rings. The highest BCUT2D eigenvalue weighted by atomic mass is 32.2. The van der Waals surface area contributed by atoms with Gasteiger partial charge in [-0.15, -0.1) is 0 Å². The van der Waals surface area contributed by atoms with Crippen LogP contribution in [0.3, 0.4) is 0 Å². The van der Waals surface area contributed by atoms with Crippen molar-refractivity contribution in [2.75, 3.05) is 11.5 Å². The Morgan fingerprint density at radius 3 is 2.00 bits per heavy atom. The van der Waals surface area contributed by atoms with Crippen molar-refractivity contribution in [1.82, 2.24) is 0 Å². The van der Waals surface area contributed by atoms with E-state index in [1.165, 1.54) is 0 Å². The van der Waals surface area contributed by atoms with Crippen LogP contribution in [0.4, 0.5) is 0 Å². The molecule has 2 nitrogen and oxygen atoms in total. The van der Waals surface area contributed by atoms with Gasteiger partial charge in [-0.25, -0.2) is 8.42 Å². The SMILES string of the molecule is CCCCCS(=O)(=O)CCC. The summed E-state index contributed by atoms with van der Waals surface area (Å²) in [5.74, 6) is 0.741. The molecule has 0 aliphatic heterocycles. The van der Waals surface area contributed by atoms with E-state index >= 15 is 0 Å². The van der Waals surface area contributed by atoms with Crippen LogP contribution in [0.1, 0.15) is 39.5 Å². The Bertz CT molecular complexity index is 171. The third-order valence-electron chi connectivity index (χ3n) is 1.57. The average molecular weight is 178 g/mol. The molecule has 0 aliphatic rings. The summed E-state index contributed by atoms with van der Waals surface area (Å²) in [7, 11) is -2.70. The standard InChI is InChI=1S/C8H18O2S/c1-3-5-6-8-11(9,10)7-4-2/h3-8H2,1-2H3. The van der Waals surface area contributed by atoms with Gasteiger partial charge < -0.3 is 0 Å². The molecule has 0 bridgehead atoms. The number of hydrogen-bond acceptors (Lipinski definition) is 2. The predicted octanol–water partition coefficient (Wildman–Crippen LogP) is 2.00. The average Bonchev–Trinajstić information content (AvgIpc) is 1.87. The van der Waals surface area contributed by atoms with E-state index < -0.39 is 9.84 Å². The first-order chi connectivity index (χ1) is 5.12. The maximum atomic E-state index is 11.1. The lowest BCUT2D eigenvalue weighted by Gasteiger charge is -2.00. The smallest absolute Gasteiger partial charge is 0.150 e. The zero-order valence-corrected chi connectivity index (χ0v) is 8.28. The van der Waals surface area contributed by atoms with Gasteiger partial charge in [0.1, 0.15) is 9.84 Å². The van der Waals surface area contributed by atoms with E-state index in [0.717, 1.165) is 25.7 Å². The third kappa shape index (κ3) is 6.35. The molecule has 0 saturated heterocycles. The van der Waals surface area contributed by atoms with E-state index in [-0.39, 0.29) is 0 Å². The highest BCUT2D eigenvalue weighted by molar-refractivity contribution is 7.91. The van der Waals surface area contributed by atoms with Crippen molar-refractivity contribution >= 4 is 9.84 Å². The maximum absolute atomic E-state index is 11.1. The van der Waals surface area contributed by atoms with Crippen molar-refractivity contribution in [3.63, 3.8) is 0 Å². The molecule has 11 heavy (non-hydrogen) atoms. The summed E-state index contributed by atoms with van der Waals surface area (Å²) in [5.41, 5.74) is 0. The van der Waals surface area contributed by atoms with Crippen LogP contribution in [0.25, 0.3) is 0 Å².